The van der Waals surface area contributed by atoms with Gasteiger partial charge in [-0.15, -0.1) is 0 Å². The summed E-state index contributed by atoms with van der Waals surface area (Å²) < 4.78 is 9.01. The molecule has 1 aromatic carbocycles. The molecule has 132 valence electrons. The zero-order valence-corrected chi connectivity index (χ0v) is 15.1. The van der Waals surface area contributed by atoms with Crippen LogP contribution in [0, 0.1) is 13.8 Å². The van der Waals surface area contributed by atoms with Gasteiger partial charge in [0.25, 0.3) is 5.56 Å². The van der Waals surface area contributed by atoms with Crippen LogP contribution in [-0.4, -0.2) is 52.1 Å². The maximum absolute atomic E-state index is 13.1. The van der Waals surface area contributed by atoms with Crippen molar-refractivity contribution >= 4 is 21.8 Å². The van der Waals surface area contributed by atoms with Gasteiger partial charge in [-0.3, -0.25) is 9.69 Å². The summed E-state index contributed by atoms with van der Waals surface area (Å²) >= 11 is 0. The molecule has 0 N–H and O–H groups in total. The SMILES string of the molecule is Cc1ccc2c(c1)c1c(C)nn(CCN3CCOCC3)c(=O)c1n2C. The zero-order chi connectivity index (χ0) is 17.6. The van der Waals surface area contributed by atoms with E-state index >= 15 is 0 Å². The van der Waals surface area contributed by atoms with Crippen molar-refractivity contribution in [1.82, 2.24) is 19.2 Å². The van der Waals surface area contributed by atoms with Gasteiger partial charge in [0, 0.05) is 43.0 Å². The molecule has 0 radical (unpaired) electrons. The van der Waals surface area contributed by atoms with E-state index in [1.807, 2.05) is 18.5 Å². The van der Waals surface area contributed by atoms with Gasteiger partial charge in [-0.25, -0.2) is 4.68 Å². The molecular weight excluding hydrogens is 316 g/mol. The third kappa shape index (κ3) is 2.75. The number of ether oxygens (including phenoxy) is 1. The Bertz CT molecular complexity index is 996. The van der Waals surface area contributed by atoms with Gasteiger partial charge in [0.2, 0.25) is 0 Å². The molecule has 4 rings (SSSR count). The Morgan fingerprint density at radius 1 is 1.16 bits per heavy atom. The predicted molar refractivity (Wildman–Crippen MR) is 99.2 cm³/mol. The normalized spacial score (nSPS) is 16.1. The lowest BCUT2D eigenvalue weighted by molar-refractivity contribution is 0.0358. The van der Waals surface area contributed by atoms with Crippen LogP contribution in [0.15, 0.2) is 23.0 Å². The number of aryl methyl sites for hydroxylation is 3. The highest BCUT2D eigenvalue weighted by Crippen LogP contribution is 2.28. The third-order valence-corrected chi connectivity index (χ3v) is 5.16. The second-order valence-electron chi connectivity index (χ2n) is 6.87. The van der Waals surface area contributed by atoms with Crippen LogP contribution in [0.4, 0.5) is 0 Å². The topological polar surface area (TPSA) is 52.3 Å². The Kier molecular flexibility index (Phi) is 4.09. The van der Waals surface area contributed by atoms with E-state index in [9.17, 15) is 4.79 Å². The summed E-state index contributed by atoms with van der Waals surface area (Å²) in [7, 11) is 1.97. The molecule has 0 spiro atoms. The van der Waals surface area contributed by atoms with Crippen molar-refractivity contribution in [2.24, 2.45) is 7.05 Å². The van der Waals surface area contributed by atoms with Crippen molar-refractivity contribution in [2.45, 2.75) is 20.4 Å². The molecule has 1 saturated heterocycles. The first-order chi connectivity index (χ1) is 12.1. The fourth-order valence-electron chi connectivity index (χ4n) is 3.79. The predicted octanol–water partition coefficient (Wildman–Crippen LogP) is 1.84. The minimum atomic E-state index is -0.00906. The molecule has 3 heterocycles. The molecule has 0 bridgehead atoms. The quantitative estimate of drug-likeness (QED) is 0.730. The summed E-state index contributed by atoms with van der Waals surface area (Å²) in [5, 5.41) is 6.70. The second-order valence-corrected chi connectivity index (χ2v) is 6.87. The van der Waals surface area contributed by atoms with Crippen LogP contribution in [0.5, 0.6) is 0 Å². The number of morpholine rings is 1. The highest BCUT2D eigenvalue weighted by Gasteiger charge is 2.18. The van der Waals surface area contributed by atoms with E-state index in [4.69, 9.17) is 4.74 Å². The fraction of sp³-hybridized carbons (Fsp3) is 0.474. The Morgan fingerprint density at radius 3 is 2.68 bits per heavy atom. The molecule has 1 fully saturated rings. The van der Waals surface area contributed by atoms with Crippen LogP contribution in [-0.2, 0) is 18.3 Å². The van der Waals surface area contributed by atoms with Crippen LogP contribution in [0.2, 0.25) is 0 Å². The number of rotatable bonds is 3. The van der Waals surface area contributed by atoms with Crippen molar-refractivity contribution < 1.29 is 4.74 Å². The van der Waals surface area contributed by atoms with Crippen molar-refractivity contribution in [3.63, 3.8) is 0 Å². The van der Waals surface area contributed by atoms with Gasteiger partial charge in [0.1, 0.15) is 5.52 Å². The molecule has 3 aromatic rings. The molecule has 1 aliphatic rings. The number of aromatic nitrogens is 3. The summed E-state index contributed by atoms with van der Waals surface area (Å²) in [6, 6.07) is 6.31. The first-order valence-corrected chi connectivity index (χ1v) is 8.83. The van der Waals surface area contributed by atoms with Gasteiger partial charge in [0.05, 0.1) is 25.5 Å². The Labute approximate surface area is 146 Å². The Morgan fingerprint density at radius 2 is 1.92 bits per heavy atom. The molecule has 0 unspecified atom stereocenters. The molecule has 0 amide bonds. The molecule has 0 aliphatic carbocycles. The van der Waals surface area contributed by atoms with E-state index in [-0.39, 0.29) is 5.56 Å². The van der Waals surface area contributed by atoms with Gasteiger partial charge in [-0.2, -0.15) is 5.10 Å². The van der Waals surface area contributed by atoms with Gasteiger partial charge in [-0.1, -0.05) is 11.6 Å². The monoisotopic (exact) mass is 340 g/mol. The Balaban J connectivity index is 1.79. The second kappa shape index (κ2) is 6.28. The smallest absolute Gasteiger partial charge is 0.291 e. The van der Waals surface area contributed by atoms with Gasteiger partial charge >= 0.3 is 0 Å². The molecule has 1 aliphatic heterocycles. The summed E-state index contributed by atoms with van der Waals surface area (Å²) in [5.74, 6) is 0. The van der Waals surface area contributed by atoms with E-state index in [1.165, 1.54) is 5.56 Å². The largest absolute Gasteiger partial charge is 0.379 e. The number of benzene rings is 1. The van der Waals surface area contributed by atoms with Gasteiger partial charge in [-0.05, 0) is 26.0 Å². The van der Waals surface area contributed by atoms with Crippen LogP contribution in [0.1, 0.15) is 11.3 Å². The highest BCUT2D eigenvalue weighted by molar-refractivity contribution is 6.08. The average Bonchev–Trinajstić information content (AvgIpc) is 2.90. The molecule has 25 heavy (non-hydrogen) atoms. The fourth-order valence-corrected chi connectivity index (χ4v) is 3.79. The van der Waals surface area contributed by atoms with Crippen molar-refractivity contribution in [3.8, 4) is 0 Å². The minimum Gasteiger partial charge on any atom is -0.379 e. The molecule has 2 aromatic heterocycles. The summed E-state index contributed by atoms with van der Waals surface area (Å²) in [6.45, 7) is 8.87. The maximum Gasteiger partial charge on any atom is 0.291 e. The number of nitrogens with zero attached hydrogens (tertiary/aromatic N) is 4. The first-order valence-electron chi connectivity index (χ1n) is 8.83. The maximum atomic E-state index is 13.1. The highest BCUT2D eigenvalue weighted by atomic mass is 16.5. The molecule has 0 atom stereocenters. The van der Waals surface area contributed by atoms with Crippen LogP contribution in [0.25, 0.3) is 21.8 Å². The first kappa shape index (κ1) is 16.3. The lowest BCUT2D eigenvalue weighted by Crippen LogP contribution is -2.39. The van der Waals surface area contributed by atoms with Crippen LogP contribution >= 0.6 is 0 Å². The number of hydrogen-bond donors (Lipinski definition) is 0. The third-order valence-electron chi connectivity index (χ3n) is 5.16. The summed E-state index contributed by atoms with van der Waals surface area (Å²) in [6.07, 6.45) is 0. The van der Waals surface area contributed by atoms with Gasteiger partial charge in [0.15, 0.2) is 0 Å². The van der Waals surface area contributed by atoms with E-state index in [0.717, 1.165) is 60.3 Å². The standard InChI is InChI=1S/C19H24N4O2/c1-13-4-5-16-15(12-13)17-14(2)20-23(19(24)18(17)21(16)3)7-6-22-8-10-25-11-9-22/h4-5,12H,6-11H2,1-3H3. The van der Waals surface area contributed by atoms with Crippen LogP contribution in [0.3, 0.4) is 0 Å². The van der Waals surface area contributed by atoms with E-state index in [0.29, 0.717) is 6.54 Å². The molecule has 6 heteroatoms. The molecular formula is C19H24N4O2. The van der Waals surface area contributed by atoms with Crippen LogP contribution < -0.4 is 5.56 Å². The van der Waals surface area contributed by atoms with Crippen molar-refractivity contribution in [1.29, 1.82) is 0 Å². The Hall–Kier alpha value is -2.18. The van der Waals surface area contributed by atoms with E-state index in [2.05, 4.69) is 35.1 Å². The number of fused-ring (bicyclic) bond motifs is 3. The summed E-state index contributed by atoms with van der Waals surface area (Å²) in [5.41, 5.74) is 3.91. The number of hydrogen-bond acceptors (Lipinski definition) is 4. The average molecular weight is 340 g/mol. The van der Waals surface area contributed by atoms with E-state index in [1.54, 1.807) is 4.68 Å². The minimum absolute atomic E-state index is 0.00906. The zero-order valence-electron chi connectivity index (χ0n) is 15.1. The lowest BCUT2D eigenvalue weighted by atomic mass is 10.1. The molecule has 0 saturated carbocycles. The summed E-state index contributed by atoms with van der Waals surface area (Å²) in [4.78, 5) is 15.4. The lowest BCUT2D eigenvalue weighted by Gasteiger charge is -2.26. The van der Waals surface area contributed by atoms with E-state index < -0.39 is 0 Å². The van der Waals surface area contributed by atoms with Crippen molar-refractivity contribution in [2.75, 3.05) is 32.8 Å². The van der Waals surface area contributed by atoms with Crippen molar-refractivity contribution in [3.05, 3.63) is 39.8 Å². The van der Waals surface area contributed by atoms with Gasteiger partial charge < -0.3 is 9.30 Å². The molecule has 6 nitrogen and oxygen atoms in total.